The molecule has 4 rings (SSSR count). The molecule has 2 saturated heterocycles. The van der Waals surface area contributed by atoms with Crippen molar-refractivity contribution in [3.05, 3.63) is 69.7 Å². The molecule has 0 aromatic heterocycles. The zero-order chi connectivity index (χ0) is 23.4. The zero-order valence-corrected chi connectivity index (χ0v) is 20.1. The number of hydrogen-bond acceptors (Lipinski definition) is 5. The molecule has 2 aliphatic rings. The van der Waals surface area contributed by atoms with Gasteiger partial charge in [-0.25, -0.2) is 4.79 Å². The summed E-state index contributed by atoms with van der Waals surface area (Å²) in [5.74, 6) is -0.245. The van der Waals surface area contributed by atoms with Crippen molar-refractivity contribution in [3.8, 4) is 0 Å². The molecule has 0 bridgehead atoms. The molecular formula is C25H28Cl2N2O4. The second-order valence-electron chi connectivity index (χ2n) is 8.48. The van der Waals surface area contributed by atoms with Crippen LogP contribution in [-0.2, 0) is 24.5 Å². The second kappa shape index (κ2) is 10.4. The van der Waals surface area contributed by atoms with Crippen molar-refractivity contribution >= 4 is 35.1 Å². The van der Waals surface area contributed by atoms with Gasteiger partial charge < -0.3 is 14.4 Å². The fraction of sp³-hybridized carbons (Fsp3) is 0.440. The fourth-order valence-corrected chi connectivity index (χ4v) is 5.25. The van der Waals surface area contributed by atoms with E-state index in [1.54, 1.807) is 6.07 Å². The number of amides is 1. The first-order valence-corrected chi connectivity index (χ1v) is 11.9. The topological polar surface area (TPSA) is 59.1 Å². The Labute approximate surface area is 204 Å². The van der Waals surface area contributed by atoms with Crippen LogP contribution in [0.1, 0.15) is 30.0 Å². The van der Waals surface area contributed by atoms with Gasteiger partial charge in [-0.2, -0.15) is 0 Å². The monoisotopic (exact) mass is 490 g/mol. The van der Waals surface area contributed by atoms with E-state index in [2.05, 4.69) is 0 Å². The quantitative estimate of drug-likeness (QED) is 0.590. The van der Waals surface area contributed by atoms with Crippen molar-refractivity contribution in [1.29, 1.82) is 0 Å². The number of hydrogen-bond donors (Lipinski definition) is 0. The maximum atomic E-state index is 13.9. The van der Waals surface area contributed by atoms with Gasteiger partial charge in [-0.05, 0) is 42.2 Å². The third-order valence-electron chi connectivity index (χ3n) is 6.74. The van der Waals surface area contributed by atoms with Gasteiger partial charge in [-0.15, -0.1) is 0 Å². The summed E-state index contributed by atoms with van der Waals surface area (Å²) < 4.78 is 10.7. The van der Waals surface area contributed by atoms with Crippen LogP contribution in [0.3, 0.4) is 0 Å². The van der Waals surface area contributed by atoms with Crippen molar-refractivity contribution in [2.24, 2.45) is 0 Å². The number of carbonyl (C=O) groups is 2. The van der Waals surface area contributed by atoms with Gasteiger partial charge in [0.1, 0.15) is 6.04 Å². The minimum Gasteiger partial charge on any atom is -0.468 e. The van der Waals surface area contributed by atoms with Crippen molar-refractivity contribution < 1.29 is 19.1 Å². The Bertz CT molecular complexity index is 984. The fourth-order valence-electron chi connectivity index (χ4n) is 4.88. The van der Waals surface area contributed by atoms with E-state index in [-0.39, 0.29) is 11.9 Å². The molecule has 8 heteroatoms. The van der Waals surface area contributed by atoms with E-state index < -0.39 is 11.5 Å². The molecule has 2 aliphatic heterocycles. The molecule has 0 radical (unpaired) electrons. The Morgan fingerprint density at radius 3 is 2.21 bits per heavy atom. The molecule has 0 saturated carbocycles. The molecule has 0 spiro atoms. The van der Waals surface area contributed by atoms with Crippen molar-refractivity contribution in [2.75, 3.05) is 46.5 Å². The number of ether oxygens (including phenoxy) is 2. The summed E-state index contributed by atoms with van der Waals surface area (Å²) in [5.41, 5.74) is 1.08. The number of esters is 1. The summed E-state index contributed by atoms with van der Waals surface area (Å²) >= 11 is 12.5. The summed E-state index contributed by atoms with van der Waals surface area (Å²) in [7, 11) is 1.38. The van der Waals surface area contributed by atoms with Crippen LogP contribution in [0.4, 0.5) is 0 Å². The van der Waals surface area contributed by atoms with E-state index in [4.69, 9.17) is 32.7 Å². The molecular weight excluding hydrogens is 463 g/mol. The van der Waals surface area contributed by atoms with Crippen LogP contribution in [0.15, 0.2) is 48.5 Å². The summed E-state index contributed by atoms with van der Waals surface area (Å²) in [6, 6.07) is 14.3. The van der Waals surface area contributed by atoms with E-state index in [9.17, 15) is 9.59 Å². The number of piperazine rings is 1. The highest BCUT2D eigenvalue weighted by atomic mass is 35.5. The Balaban J connectivity index is 1.53. The zero-order valence-electron chi connectivity index (χ0n) is 18.6. The third kappa shape index (κ3) is 4.90. The number of nitrogens with zero attached hydrogens (tertiary/aromatic N) is 2. The lowest BCUT2D eigenvalue weighted by molar-refractivity contribution is -0.150. The molecule has 0 N–H and O–H groups in total. The van der Waals surface area contributed by atoms with Gasteiger partial charge in [-0.1, -0.05) is 53.5 Å². The molecule has 0 aliphatic carbocycles. The van der Waals surface area contributed by atoms with E-state index in [0.29, 0.717) is 67.8 Å². The maximum absolute atomic E-state index is 13.9. The third-order valence-corrected chi connectivity index (χ3v) is 7.34. The second-order valence-corrected chi connectivity index (χ2v) is 9.32. The first-order valence-electron chi connectivity index (χ1n) is 11.2. The number of methoxy groups -OCH3 is 1. The Morgan fingerprint density at radius 1 is 0.970 bits per heavy atom. The molecule has 2 aromatic rings. The lowest BCUT2D eigenvalue weighted by Crippen LogP contribution is -2.57. The van der Waals surface area contributed by atoms with E-state index >= 15 is 0 Å². The SMILES string of the molecule is COC(=O)C(c1ccccc1Cl)N1CCN(C(=O)C2(c3ccc(Cl)cc3)CCOCC2)CC1. The average molecular weight is 491 g/mol. The first-order chi connectivity index (χ1) is 16.0. The minimum atomic E-state index is -0.616. The molecule has 1 amide bonds. The first kappa shape index (κ1) is 24.0. The summed E-state index contributed by atoms with van der Waals surface area (Å²) in [6.45, 7) is 3.23. The maximum Gasteiger partial charge on any atom is 0.327 e. The highest BCUT2D eigenvalue weighted by Crippen LogP contribution is 2.38. The predicted octanol–water partition coefficient (Wildman–Crippen LogP) is 4.10. The average Bonchev–Trinajstić information content (AvgIpc) is 2.86. The summed E-state index contributed by atoms with van der Waals surface area (Å²) in [6.07, 6.45) is 1.27. The Kier molecular flexibility index (Phi) is 7.59. The van der Waals surface area contributed by atoms with Gasteiger partial charge in [0.25, 0.3) is 0 Å². The molecule has 1 unspecified atom stereocenters. The lowest BCUT2D eigenvalue weighted by atomic mass is 9.73. The molecule has 1 atom stereocenters. The number of benzene rings is 2. The number of carbonyl (C=O) groups excluding carboxylic acids is 2. The van der Waals surface area contributed by atoms with Gasteiger partial charge in [0.05, 0.1) is 12.5 Å². The Morgan fingerprint density at radius 2 is 1.61 bits per heavy atom. The molecule has 2 fully saturated rings. The van der Waals surface area contributed by atoms with Gasteiger partial charge in [0.2, 0.25) is 5.91 Å². The van der Waals surface area contributed by atoms with Gasteiger partial charge in [-0.3, -0.25) is 9.69 Å². The molecule has 6 nitrogen and oxygen atoms in total. The van der Waals surface area contributed by atoms with E-state index in [0.717, 1.165) is 5.56 Å². The normalized spacial score (nSPS) is 19.7. The van der Waals surface area contributed by atoms with E-state index in [1.165, 1.54) is 7.11 Å². The number of rotatable bonds is 5. The predicted molar refractivity (Wildman–Crippen MR) is 128 cm³/mol. The highest BCUT2D eigenvalue weighted by Gasteiger charge is 2.45. The molecule has 2 aromatic carbocycles. The van der Waals surface area contributed by atoms with Gasteiger partial charge >= 0.3 is 5.97 Å². The largest absolute Gasteiger partial charge is 0.468 e. The van der Waals surface area contributed by atoms with Crippen LogP contribution in [0.5, 0.6) is 0 Å². The summed E-state index contributed by atoms with van der Waals surface area (Å²) in [5, 5.41) is 1.17. The van der Waals surface area contributed by atoms with Crippen molar-refractivity contribution in [1.82, 2.24) is 9.80 Å². The van der Waals surface area contributed by atoms with Crippen LogP contribution >= 0.6 is 23.2 Å². The van der Waals surface area contributed by atoms with Crippen LogP contribution in [0.2, 0.25) is 10.0 Å². The van der Waals surface area contributed by atoms with Crippen molar-refractivity contribution in [3.63, 3.8) is 0 Å². The van der Waals surface area contributed by atoms with Gasteiger partial charge in [0.15, 0.2) is 0 Å². The Hall–Kier alpha value is -2.12. The van der Waals surface area contributed by atoms with Crippen LogP contribution in [0, 0.1) is 0 Å². The molecule has 2 heterocycles. The van der Waals surface area contributed by atoms with Crippen molar-refractivity contribution in [2.45, 2.75) is 24.3 Å². The standard InChI is InChI=1S/C25H28Cl2N2O4/c1-32-23(30)22(20-4-2-3-5-21(20)27)28-12-14-29(15-13-28)24(31)25(10-16-33-17-11-25)18-6-8-19(26)9-7-18/h2-9,22H,10-17H2,1H3. The van der Waals surface area contributed by atoms with Crippen LogP contribution in [-0.4, -0.2) is 68.2 Å². The highest BCUT2D eigenvalue weighted by molar-refractivity contribution is 6.31. The van der Waals surface area contributed by atoms with Crippen LogP contribution in [0.25, 0.3) is 0 Å². The minimum absolute atomic E-state index is 0.111. The van der Waals surface area contributed by atoms with E-state index in [1.807, 2.05) is 52.3 Å². The number of halogens is 2. The van der Waals surface area contributed by atoms with Crippen LogP contribution < -0.4 is 0 Å². The van der Waals surface area contributed by atoms with Gasteiger partial charge in [0, 0.05) is 49.4 Å². The molecule has 33 heavy (non-hydrogen) atoms. The smallest absolute Gasteiger partial charge is 0.327 e. The molecule has 176 valence electrons. The summed E-state index contributed by atoms with van der Waals surface area (Å²) in [4.78, 5) is 30.5. The lowest BCUT2D eigenvalue weighted by Gasteiger charge is -2.44.